The third kappa shape index (κ3) is 2.66. The minimum absolute atomic E-state index is 0.323. The van der Waals surface area contributed by atoms with Crippen LogP contribution in [0.4, 0.5) is 0 Å². The van der Waals surface area contributed by atoms with Gasteiger partial charge in [0.2, 0.25) is 0 Å². The smallest absolute Gasteiger partial charge is 0.111 e. The van der Waals surface area contributed by atoms with Gasteiger partial charge in [0, 0.05) is 9.79 Å². The molecule has 3 heteroatoms. The van der Waals surface area contributed by atoms with Gasteiger partial charge in [-0.05, 0) is 92.9 Å². The fourth-order valence-corrected chi connectivity index (χ4v) is 9.07. The highest BCUT2D eigenvalue weighted by molar-refractivity contribution is 7.99. The molecule has 3 aliphatic rings. The van der Waals surface area contributed by atoms with E-state index >= 15 is 0 Å². The third-order valence-corrected chi connectivity index (χ3v) is 10.7. The first-order chi connectivity index (χ1) is 20.7. The van der Waals surface area contributed by atoms with E-state index < -0.39 is 0 Å². The first-order valence-electron chi connectivity index (χ1n) is 14.5. The lowest BCUT2D eigenvalue weighted by Gasteiger charge is -2.30. The Labute approximate surface area is 248 Å². The molecule has 42 heavy (non-hydrogen) atoms. The third-order valence-electron chi connectivity index (χ3n) is 9.56. The van der Waals surface area contributed by atoms with Crippen LogP contribution in [0.1, 0.15) is 28.1 Å². The first-order valence-corrected chi connectivity index (χ1v) is 15.3. The van der Waals surface area contributed by atoms with Crippen molar-refractivity contribution in [3.05, 3.63) is 155 Å². The van der Waals surface area contributed by atoms with E-state index in [1.165, 1.54) is 76.6 Å². The van der Waals surface area contributed by atoms with Crippen molar-refractivity contribution in [3.63, 3.8) is 0 Å². The van der Waals surface area contributed by atoms with Crippen LogP contribution in [0.15, 0.2) is 137 Å². The molecule has 7 aromatic rings. The number of nitrogens with zero attached hydrogens (tertiary/aromatic N) is 2. The van der Waals surface area contributed by atoms with Crippen molar-refractivity contribution in [3.8, 4) is 39.1 Å². The molecule has 0 bridgehead atoms. The van der Waals surface area contributed by atoms with E-state index in [0.717, 1.165) is 11.3 Å². The second-order valence-electron chi connectivity index (χ2n) is 11.5. The van der Waals surface area contributed by atoms with Gasteiger partial charge in [0.1, 0.15) is 5.82 Å². The van der Waals surface area contributed by atoms with Crippen LogP contribution in [0, 0.1) is 6.92 Å². The number of fused-ring (bicyclic) bond motifs is 12. The van der Waals surface area contributed by atoms with Gasteiger partial charge in [-0.2, -0.15) is 0 Å². The number of hydrogen-bond acceptors (Lipinski definition) is 2. The molecule has 2 heterocycles. The molecule has 0 saturated carbocycles. The predicted molar refractivity (Wildman–Crippen MR) is 172 cm³/mol. The number of para-hydroxylation sites is 1. The minimum Gasteiger partial charge on any atom is -0.294 e. The zero-order chi connectivity index (χ0) is 27.6. The van der Waals surface area contributed by atoms with E-state index in [9.17, 15) is 0 Å². The van der Waals surface area contributed by atoms with Crippen molar-refractivity contribution in [2.75, 3.05) is 0 Å². The lowest BCUT2D eigenvalue weighted by atomic mass is 9.70. The van der Waals surface area contributed by atoms with E-state index in [0.29, 0.717) is 0 Å². The quantitative estimate of drug-likeness (QED) is 0.202. The van der Waals surface area contributed by atoms with Gasteiger partial charge in [-0.25, -0.2) is 4.98 Å². The van der Waals surface area contributed by atoms with Crippen molar-refractivity contribution in [2.24, 2.45) is 0 Å². The molecule has 0 fully saturated rings. The van der Waals surface area contributed by atoms with Gasteiger partial charge in [0.05, 0.1) is 22.1 Å². The Bertz CT molecular complexity index is 2240. The molecule has 0 N–H and O–H groups in total. The number of hydrogen-bond donors (Lipinski definition) is 0. The highest BCUT2D eigenvalue weighted by atomic mass is 32.2. The lowest BCUT2D eigenvalue weighted by Crippen LogP contribution is -2.25. The van der Waals surface area contributed by atoms with Crippen molar-refractivity contribution >= 4 is 22.8 Å². The maximum atomic E-state index is 4.85. The molecule has 0 saturated heterocycles. The van der Waals surface area contributed by atoms with E-state index in [4.69, 9.17) is 4.98 Å². The maximum absolute atomic E-state index is 4.85. The monoisotopic (exact) mass is 552 g/mol. The summed E-state index contributed by atoms with van der Waals surface area (Å²) in [4.78, 5) is 7.38. The number of imidazole rings is 1. The molecule has 2 nitrogen and oxygen atoms in total. The summed E-state index contributed by atoms with van der Waals surface area (Å²) < 4.78 is 2.32. The Morgan fingerprint density at radius 3 is 1.83 bits per heavy atom. The molecule has 196 valence electrons. The SMILES string of the molecule is Cc1nc2cccc3c2n1-c1ccc(-c2ccc4c(c2)C2(c5ccccc5-c5ccccc52)c2ccccc2-4)cc1S3. The summed E-state index contributed by atoms with van der Waals surface area (Å²) in [6.07, 6.45) is 0. The Morgan fingerprint density at radius 1 is 0.548 bits per heavy atom. The molecular formula is C39H24N2S. The van der Waals surface area contributed by atoms with Gasteiger partial charge in [-0.3, -0.25) is 4.57 Å². The van der Waals surface area contributed by atoms with Gasteiger partial charge in [0.25, 0.3) is 0 Å². The van der Waals surface area contributed by atoms with Crippen molar-refractivity contribution < 1.29 is 0 Å². The van der Waals surface area contributed by atoms with Gasteiger partial charge < -0.3 is 0 Å². The van der Waals surface area contributed by atoms with E-state index in [-0.39, 0.29) is 5.41 Å². The van der Waals surface area contributed by atoms with Crippen LogP contribution in [-0.2, 0) is 5.41 Å². The topological polar surface area (TPSA) is 17.8 Å². The summed E-state index contributed by atoms with van der Waals surface area (Å²) in [7, 11) is 0. The zero-order valence-electron chi connectivity index (χ0n) is 22.9. The second kappa shape index (κ2) is 7.90. The number of aromatic nitrogens is 2. The Balaban J connectivity index is 1.21. The summed E-state index contributed by atoms with van der Waals surface area (Å²) in [5.41, 5.74) is 16.5. The van der Waals surface area contributed by atoms with Crippen LogP contribution in [0.2, 0.25) is 0 Å². The first kappa shape index (κ1) is 22.8. The van der Waals surface area contributed by atoms with E-state index in [1.54, 1.807) is 0 Å². The molecule has 0 amide bonds. The molecule has 1 aromatic heterocycles. The van der Waals surface area contributed by atoms with Crippen molar-refractivity contribution in [1.82, 2.24) is 9.55 Å². The van der Waals surface area contributed by atoms with Crippen LogP contribution in [0.3, 0.4) is 0 Å². The van der Waals surface area contributed by atoms with Crippen LogP contribution in [-0.4, -0.2) is 9.55 Å². The van der Waals surface area contributed by atoms with Gasteiger partial charge in [-0.15, -0.1) is 0 Å². The Kier molecular flexibility index (Phi) is 4.29. The average molecular weight is 553 g/mol. The lowest BCUT2D eigenvalue weighted by molar-refractivity contribution is 0.794. The van der Waals surface area contributed by atoms with Crippen LogP contribution < -0.4 is 0 Å². The summed E-state index contributed by atoms with van der Waals surface area (Å²) in [5.74, 6) is 1.03. The Morgan fingerprint density at radius 2 is 1.14 bits per heavy atom. The van der Waals surface area contributed by atoms with E-state index in [2.05, 4.69) is 139 Å². The summed E-state index contributed by atoms with van der Waals surface area (Å²) in [6, 6.07) is 47.5. The standard InChI is InChI=1S/C39H24N2S/c1-23-40-34-15-8-16-36-38(34)41(23)35-20-18-25(22-37(35)42-36)24-17-19-29-28-11-4-7-14-32(28)39(33(29)21-24)30-12-5-2-9-26(30)27-10-3-6-13-31(27)39/h2-22H,1H3. The molecule has 2 aliphatic carbocycles. The number of aryl methyl sites for hydroxylation is 1. The van der Waals surface area contributed by atoms with Gasteiger partial charge >= 0.3 is 0 Å². The summed E-state index contributed by atoms with van der Waals surface area (Å²) in [5, 5.41) is 0. The van der Waals surface area contributed by atoms with Crippen LogP contribution >= 0.6 is 11.8 Å². The van der Waals surface area contributed by atoms with Crippen molar-refractivity contribution in [2.45, 2.75) is 22.1 Å². The van der Waals surface area contributed by atoms with Crippen molar-refractivity contribution in [1.29, 1.82) is 0 Å². The molecular weight excluding hydrogens is 529 g/mol. The highest BCUT2D eigenvalue weighted by Crippen LogP contribution is 2.63. The molecule has 0 radical (unpaired) electrons. The largest absolute Gasteiger partial charge is 0.294 e. The van der Waals surface area contributed by atoms with Crippen LogP contribution in [0.25, 0.3) is 50.1 Å². The zero-order valence-corrected chi connectivity index (χ0v) is 23.7. The second-order valence-corrected chi connectivity index (χ2v) is 12.6. The summed E-state index contributed by atoms with van der Waals surface area (Å²) >= 11 is 1.85. The van der Waals surface area contributed by atoms with Gasteiger partial charge in [0.15, 0.2) is 0 Å². The Hall–Kier alpha value is -4.86. The molecule has 1 spiro atoms. The predicted octanol–water partition coefficient (Wildman–Crippen LogP) is 9.81. The fraction of sp³-hybridized carbons (Fsp3) is 0.0513. The molecule has 0 atom stereocenters. The molecule has 1 aliphatic heterocycles. The van der Waals surface area contributed by atoms with E-state index in [1.807, 2.05) is 11.8 Å². The fourth-order valence-electron chi connectivity index (χ4n) is 7.94. The summed E-state index contributed by atoms with van der Waals surface area (Å²) in [6.45, 7) is 2.10. The minimum atomic E-state index is -0.323. The number of benzene rings is 6. The number of rotatable bonds is 1. The molecule has 6 aromatic carbocycles. The van der Waals surface area contributed by atoms with Crippen LogP contribution in [0.5, 0.6) is 0 Å². The van der Waals surface area contributed by atoms with Gasteiger partial charge in [-0.1, -0.05) is 109 Å². The average Bonchev–Trinajstić information content (AvgIpc) is 3.65. The molecule has 0 unspecified atom stereocenters. The normalized spacial score (nSPS) is 14.4. The maximum Gasteiger partial charge on any atom is 0.111 e. The highest BCUT2D eigenvalue weighted by Gasteiger charge is 2.51. The molecule has 10 rings (SSSR count).